The number of rotatable bonds is 6. The fraction of sp³-hybridized carbons (Fsp3) is 0.379. The molecule has 1 fully saturated rings. The Bertz CT molecular complexity index is 1590. The van der Waals surface area contributed by atoms with Gasteiger partial charge in [0.2, 0.25) is 5.43 Å². The highest BCUT2D eigenvalue weighted by Gasteiger charge is 2.38. The number of hydrogen-bond acceptors (Lipinski definition) is 9. The topological polar surface area (TPSA) is 119 Å². The third-order valence-corrected chi connectivity index (χ3v) is 7.10. The summed E-state index contributed by atoms with van der Waals surface area (Å²) in [7, 11) is 1.83. The Labute approximate surface area is 237 Å². The van der Waals surface area contributed by atoms with Crippen molar-refractivity contribution in [3.8, 4) is 11.4 Å². The maximum absolute atomic E-state index is 12.4. The van der Waals surface area contributed by atoms with Crippen molar-refractivity contribution in [1.29, 1.82) is 0 Å². The average Bonchev–Trinajstić information content (AvgIpc) is 3.55. The van der Waals surface area contributed by atoms with Gasteiger partial charge in [0.05, 0.1) is 18.4 Å². The summed E-state index contributed by atoms with van der Waals surface area (Å²) in [5.41, 5.74) is 8.23. The second-order valence-corrected chi connectivity index (χ2v) is 11.4. The van der Waals surface area contributed by atoms with Crippen molar-refractivity contribution in [2.24, 2.45) is 7.05 Å². The first-order valence-electron chi connectivity index (χ1n) is 13.6. The predicted octanol–water partition coefficient (Wildman–Crippen LogP) is 2.68. The lowest BCUT2D eigenvalue weighted by Crippen LogP contribution is -2.62. The van der Waals surface area contributed by atoms with Crippen LogP contribution in [-0.4, -0.2) is 73.4 Å². The van der Waals surface area contributed by atoms with E-state index in [4.69, 9.17) is 9.47 Å². The van der Waals surface area contributed by atoms with E-state index in [2.05, 4.69) is 38.2 Å². The number of aromatic nitrogens is 4. The molecular weight excluding hydrogens is 524 g/mol. The molecule has 2 N–H and O–H groups in total. The van der Waals surface area contributed by atoms with Gasteiger partial charge in [-0.05, 0) is 56.2 Å². The Kier molecular flexibility index (Phi) is 6.78. The molecule has 1 saturated heterocycles. The van der Waals surface area contributed by atoms with Crippen LogP contribution in [0.3, 0.4) is 0 Å². The summed E-state index contributed by atoms with van der Waals surface area (Å²) in [6, 6.07) is 7.53. The summed E-state index contributed by atoms with van der Waals surface area (Å²) < 4.78 is 14.8. The molecule has 0 unspecified atom stereocenters. The summed E-state index contributed by atoms with van der Waals surface area (Å²) in [6.07, 6.45) is 9.15. The molecule has 0 saturated carbocycles. The Balaban J connectivity index is 1.10. The van der Waals surface area contributed by atoms with E-state index < -0.39 is 5.60 Å². The first-order chi connectivity index (χ1) is 19.6. The highest BCUT2D eigenvalue weighted by atomic mass is 16.6. The summed E-state index contributed by atoms with van der Waals surface area (Å²) >= 11 is 0. The Hall–Kier alpha value is -4.58. The lowest BCUT2D eigenvalue weighted by atomic mass is 9.99. The molecule has 214 valence electrons. The zero-order valence-corrected chi connectivity index (χ0v) is 23.6. The second-order valence-electron chi connectivity index (χ2n) is 11.4. The lowest BCUT2D eigenvalue weighted by Gasteiger charge is -2.43. The molecule has 2 aromatic heterocycles. The van der Waals surface area contributed by atoms with E-state index in [1.165, 1.54) is 17.2 Å². The first kappa shape index (κ1) is 26.6. The van der Waals surface area contributed by atoms with Gasteiger partial charge in [-0.15, -0.1) is 0 Å². The summed E-state index contributed by atoms with van der Waals surface area (Å²) in [4.78, 5) is 26.4. The van der Waals surface area contributed by atoms with Gasteiger partial charge in [-0.2, -0.15) is 10.2 Å². The van der Waals surface area contributed by atoms with Gasteiger partial charge in [0, 0.05) is 62.9 Å². The van der Waals surface area contributed by atoms with E-state index in [1.54, 1.807) is 26.7 Å². The molecule has 41 heavy (non-hydrogen) atoms. The van der Waals surface area contributed by atoms with Crippen molar-refractivity contribution in [1.82, 2.24) is 34.9 Å². The van der Waals surface area contributed by atoms with Gasteiger partial charge in [0.15, 0.2) is 0 Å². The molecule has 3 aliphatic heterocycles. The molecule has 3 aromatic rings. The standard InChI is InChI=1S/C29H34N8O4/c1-29(2,3)41-28(39)35-16-23(17-35)37-14-21(12-32-37)20-9-19-10-24(5-6-25(19)30-11-20)40-18-26-27(38)7-8-36(33-26)22-13-31-34(4)15-22/h5-10,13-15,23,30,32H,11-12,16-18H2,1-4H3. The number of anilines is 1. The number of likely N-dealkylation sites (tertiary alicyclic amines) is 1. The molecule has 0 radical (unpaired) electrons. The molecule has 3 aliphatic rings. The third kappa shape index (κ3) is 5.82. The SMILES string of the molecule is Cn1cc(-n2ccc(=O)c(COc3ccc4c(c3)C=C(C3=CN(C5CN(C(=O)OC(C)(C)C)C5)NC3)CN4)n2)cn1. The van der Waals surface area contributed by atoms with E-state index >= 15 is 0 Å². The van der Waals surface area contributed by atoms with Gasteiger partial charge < -0.3 is 24.7 Å². The smallest absolute Gasteiger partial charge is 0.410 e. The number of aryl methyl sites for hydroxylation is 1. The molecular formula is C29H34N8O4. The van der Waals surface area contributed by atoms with Crippen LogP contribution in [0.1, 0.15) is 32.0 Å². The Morgan fingerprint density at radius 3 is 2.73 bits per heavy atom. The number of hydrazine groups is 1. The zero-order valence-electron chi connectivity index (χ0n) is 23.6. The van der Waals surface area contributed by atoms with Crippen LogP contribution in [0.4, 0.5) is 10.5 Å². The minimum Gasteiger partial charge on any atom is -0.487 e. The van der Waals surface area contributed by atoms with Crippen molar-refractivity contribution in [3.63, 3.8) is 0 Å². The number of hydrogen-bond donors (Lipinski definition) is 2. The van der Waals surface area contributed by atoms with E-state index in [1.807, 2.05) is 52.2 Å². The molecule has 5 heterocycles. The molecule has 0 atom stereocenters. The van der Waals surface area contributed by atoms with Crippen LogP contribution < -0.4 is 20.9 Å². The van der Waals surface area contributed by atoms with Crippen molar-refractivity contribution < 1.29 is 14.3 Å². The molecule has 1 amide bonds. The largest absolute Gasteiger partial charge is 0.487 e. The molecule has 12 nitrogen and oxygen atoms in total. The first-order valence-corrected chi connectivity index (χ1v) is 13.6. The highest BCUT2D eigenvalue weighted by molar-refractivity contribution is 5.76. The highest BCUT2D eigenvalue weighted by Crippen LogP contribution is 2.32. The molecule has 12 heteroatoms. The number of amides is 1. The van der Waals surface area contributed by atoms with Crippen LogP contribution in [-0.2, 0) is 18.4 Å². The number of carbonyl (C=O) groups excluding carboxylic acids is 1. The fourth-order valence-electron chi connectivity index (χ4n) is 4.89. The van der Waals surface area contributed by atoms with Crippen molar-refractivity contribution in [2.45, 2.75) is 39.0 Å². The van der Waals surface area contributed by atoms with Crippen molar-refractivity contribution >= 4 is 17.9 Å². The molecule has 0 spiro atoms. The van der Waals surface area contributed by atoms with E-state index in [0.29, 0.717) is 37.6 Å². The quantitative estimate of drug-likeness (QED) is 0.471. The maximum Gasteiger partial charge on any atom is 0.410 e. The van der Waals surface area contributed by atoms with Crippen molar-refractivity contribution in [2.75, 3.05) is 31.5 Å². The number of nitrogens with zero attached hydrogens (tertiary/aromatic N) is 6. The van der Waals surface area contributed by atoms with E-state index in [-0.39, 0.29) is 24.2 Å². The Morgan fingerprint density at radius 2 is 1.98 bits per heavy atom. The maximum atomic E-state index is 12.4. The fourth-order valence-corrected chi connectivity index (χ4v) is 4.89. The number of benzene rings is 1. The minimum absolute atomic E-state index is 0.0501. The van der Waals surface area contributed by atoms with E-state index in [9.17, 15) is 9.59 Å². The monoisotopic (exact) mass is 558 g/mol. The number of nitrogens with one attached hydrogen (secondary N) is 2. The molecule has 0 aliphatic carbocycles. The minimum atomic E-state index is -0.497. The summed E-state index contributed by atoms with van der Waals surface area (Å²) in [5, 5.41) is 14.2. The van der Waals surface area contributed by atoms with Gasteiger partial charge in [0.1, 0.15) is 29.3 Å². The second kappa shape index (κ2) is 10.4. The van der Waals surface area contributed by atoms with Gasteiger partial charge in [-0.25, -0.2) is 14.9 Å². The summed E-state index contributed by atoms with van der Waals surface area (Å²) in [6.45, 7) is 8.34. The number of fused-ring (bicyclic) bond motifs is 1. The van der Waals surface area contributed by atoms with Gasteiger partial charge >= 0.3 is 6.09 Å². The summed E-state index contributed by atoms with van der Waals surface area (Å²) in [5.74, 6) is 0.651. The molecule has 1 aromatic carbocycles. The Morgan fingerprint density at radius 1 is 1.15 bits per heavy atom. The van der Waals surface area contributed by atoms with Crippen LogP contribution in [0.25, 0.3) is 11.8 Å². The van der Waals surface area contributed by atoms with Crippen LogP contribution >= 0.6 is 0 Å². The van der Waals surface area contributed by atoms with E-state index in [0.717, 1.165) is 16.9 Å². The molecule has 0 bridgehead atoms. The number of ether oxygens (including phenoxy) is 2. The van der Waals surface area contributed by atoms with Crippen LogP contribution in [0.5, 0.6) is 5.75 Å². The molecule has 6 rings (SSSR count). The lowest BCUT2D eigenvalue weighted by molar-refractivity contribution is -0.0127. The predicted molar refractivity (Wildman–Crippen MR) is 153 cm³/mol. The van der Waals surface area contributed by atoms with Crippen LogP contribution in [0.15, 0.2) is 65.0 Å². The van der Waals surface area contributed by atoms with Gasteiger partial charge in [0.25, 0.3) is 0 Å². The van der Waals surface area contributed by atoms with Gasteiger partial charge in [-0.3, -0.25) is 9.48 Å². The zero-order chi connectivity index (χ0) is 28.7. The van der Waals surface area contributed by atoms with Crippen LogP contribution in [0, 0.1) is 0 Å². The normalized spacial score (nSPS) is 16.9. The van der Waals surface area contributed by atoms with Gasteiger partial charge in [-0.1, -0.05) is 0 Å². The van der Waals surface area contributed by atoms with Crippen LogP contribution in [0.2, 0.25) is 0 Å². The van der Waals surface area contributed by atoms with Crippen molar-refractivity contribution in [3.05, 3.63) is 81.7 Å². The number of carbonyl (C=O) groups is 1. The average molecular weight is 559 g/mol. The third-order valence-electron chi connectivity index (χ3n) is 7.10.